The lowest BCUT2D eigenvalue weighted by Gasteiger charge is -2.07. The zero-order valence-corrected chi connectivity index (χ0v) is 20.3. The number of Topliss-reactive ketones (excluding diaryl/α,β-unsaturated/α-hetero) is 1. The van der Waals surface area contributed by atoms with Crippen LogP contribution in [0.15, 0.2) is 69.2 Å². The Morgan fingerprint density at radius 1 is 1.09 bits per heavy atom. The number of carbonyl (C=O) groups excluding carboxylic acids is 2. The van der Waals surface area contributed by atoms with Crippen molar-refractivity contribution in [1.29, 1.82) is 0 Å². The summed E-state index contributed by atoms with van der Waals surface area (Å²) in [6.45, 7) is 1.75. The van der Waals surface area contributed by atoms with Crippen molar-refractivity contribution in [3.05, 3.63) is 92.3 Å². The van der Waals surface area contributed by atoms with Gasteiger partial charge in [-0.05, 0) is 67.1 Å². The number of methoxy groups -OCH3 is 1. The number of fused-ring (bicyclic) bond motifs is 2. The minimum absolute atomic E-state index is 0.0368. The van der Waals surface area contributed by atoms with Crippen molar-refractivity contribution in [2.45, 2.75) is 6.92 Å². The monoisotopic (exact) mass is 538 g/mol. The fourth-order valence-corrected chi connectivity index (χ4v) is 4.33. The Morgan fingerprint density at radius 3 is 2.71 bits per heavy atom. The Morgan fingerprint density at radius 2 is 1.91 bits per heavy atom. The number of ketones is 1. The summed E-state index contributed by atoms with van der Waals surface area (Å²) in [6.07, 6.45) is 1.62. The number of furan rings is 1. The Kier molecular flexibility index (Phi) is 5.67. The van der Waals surface area contributed by atoms with Gasteiger partial charge >= 0.3 is 5.97 Å². The molecule has 0 spiro atoms. The average Bonchev–Trinajstić information content (AvgIpc) is 3.35. The molecule has 34 heavy (non-hydrogen) atoms. The topological polar surface area (TPSA) is 75.0 Å². The molecule has 0 aliphatic carbocycles. The summed E-state index contributed by atoms with van der Waals surface area (Å²) in [5, 5.41) is 1.23. The van der Waals surface area contributed by atoms with Crippen LogP contribution in [-0.2, 0) is 0 Å². The van der Waals surface area contributed by atoms with E-state index in [1.165, 1.54) is 6.07 Å². The summed E-state index contributed by atoms with van der Waals surface area (Å²) >= 11 is 9.42. The second-order valence-electron chi connectivity index (χ2n) is 7.62. The molecule has 0 N–H and O–H groups in total. The van der Waals surface area contributed by atoms with Crippen molar-refractivity contribution >= 4 is 56.3 Å². The molecular formula is C26H16BrClO6. The first kappa shape index (κ1) is 22.3. The van der Waals surface area contributed by atoms with Crippen LogP contribution >= 0.6 is 27.5 Å². The number of rotatable bonds is 4. The fraction of sp³-hybridized carbons (Fsp3) is 0.0769. The molecule has 5 rings (SSSR count). The highest BCUT2D eigenvalue weighted by Crippen LogP contribution is 2.38. The van der Waals surface area contributed by atoms with Crippen LogP contribution in [0.25, 0.3) is 17.0 Å². The highest BCUT2D eigenvalue weighted by Gasteiger charge is 2.31. The van der Waals surface area contributed by atoms with E-state index in [9.17, 15) is 9.59 Å². The summed E-state index contributed by atoms with van der Waals surface area (Å²) in [4.78, 5) is 25.7. The Hall–Kier alpha value is -3.55. The molecule has 1 aromatic heterocycles. The number of benzene rings is 3. The van der Waals surface area contributed by atoms with E-state index in [1.54, 1.807) is 56.5 Å². The number of hydrogen-bond acceptors (Lipinski definition) is 6. The van der Waals surface area contributed by atoms with Gasteiger partial charge in [-0.2, -0.15) is 0 Å². The lowest BCUT2D eigenvalue weighted by atomic mass is 10.0. The quantitative estimate of drug-likeness (QED) is 0.158. The van der Waals surface area contributed by atoms with Crippen molar-refractivity contribution in [3.8, 4) is 17.2 Å². The lowest BCUT2D eigenvalue weighted by Crippen LogP contribution is -2.07. The lowest BCUT2D eigenvalue weighted by molar-refractivity contribution is 0.0703. The normalized spacial score (nSPS) is 13.8. The molecule has 0 saturated heterocycles. The molecule has 8 heteroatoms. The van der Waals surface area contributed by atoms with E-state index in [4.69, 9.17) is 30.2 Å². The molecule has 0 saturated carbocycles. The molecule has 170 valence electrons. The first-order valence-corrected chi connectivity index (χ1v) is 11.3. The Labute approximate surface area is 207 Å². The van der Waals surface area contributed by atoms with E-state index in [2.05, 4.69) is 15.9 Å². The summed E-state index contributed by atoms with van der Waals surface area (Å²) in [5.74, 6) is 0.383. The number of hydrogen-bond donors (Lipinski definition) is 0. The average molecular weight is 540 g/mol. The number of ether oxygens (including phenoxy) is 3. The van der Waals surface area contributed by atoms with Crippen LogP contribution in [0.3, 0.4) is 0 Å². The Balaban J connectivity index is 1.43. The van der Waals surface area contributed by atoms with E-state index in [0.29, 0.717) is 44.2 Å². The minimum atomic E-state index is -0.675. The highest BCUT2D eigenvalue weighted by atomic mass is 79.9. The maximum atomic E-state index is 13.0. The summed E-state index contributed by atoms with van der Waals surface area (Å²) in [7, 11) is 1.55. The van der Waals surface area contributed by atoms with Crippen LogP contribution in [0.2, 0.25) is 5.02 Å². The van der Waals surface area contributed by atoms with Crippen LogP contribution < -0.4 is 14.2 Å². The van der Waals surface area contributed by atoms with Gasteiger partial charge in [-0.3, -0.25) is 4.79 Å². The molecule has 2 heterocycles. The molecule has 0 amide bonds. The molecule has 0 atom stereocenters. The van der Waals surface area contributed by atoms with Gasteiger partial charge in [0.1, 0.15) is 22.8 Å². The van der Waals surface area contributed by atoms with Crippen molar-refractivity contribution in [1.82, 2.24) is 0 Å². The van der Waals surface area contributed by atoms with E-state index < -0.39 is 5.97 Å². The van der Waals surface area contributed by atoms with Crippen molar-refractivity contribution in [2.75, 3.05) is 7.11 Å². The zero-order chi connectivity index (χ0) is 24.0. The van der Waals surface area contributed by atoms with Gasteiger partial charge in [0, 0.05) is 26.5 Å². The van der Waals surface area contributed by atoms with Gasteiger partial charge in [-0.1, -0.05) is 27.5 Å². The molecule has 0 bridgehead atoms. The minimum Gasteiger partial charge on any atom is -0.496 e. The van der Waals surface area contributed by atoms with Crippen LogP contribution in [0.5, 0.6) is 17.2 Å². The first-order chi connectivity index (χ1) is 16.3. The number of halogens is 2. The third-order valence-electron chi connectivity index (χ3n) is 5.31. The van der Waals surface area contributed by atoms with E-state index in [0.717, 1.165) is 4.47 Å². The van der Waals surface area contributed by atoms with Crippen LogP contribution in [0.1, 0.15) is 32.0 Å². The second kappa shape index (κ2) is 8.66. The third kappa shape index (κ3) is 4.08. The van der Waals surface area contributed by atoms with Crippen molar-refractivity contribution < 1.29 is 28.2 Å². The number of carbonyl (C=O) groups is 2. The number of aryl methyl sites for hydroxylation is 1. The van der Waals surface area contributed by atoms with Gasteiger partial charge in [0.2, 0.25) is 11.5 Å². The third-order valence-corrected chi connectivity index (χ3v) is 6.04. The predicted octanol–water partition coefficient (Wildman–Crippen LogP) is 7.00. The SMILES string of the molecule is COc1ccc(Br)cc1/C=C1\Oc2cc(OC(=O)c3cc4cc(Cl)ccc4o3)cc(C)c2C1=O. The van der Waals surface area contributed by atoms with Crippen molar-refractivity contribution in [2.24, 2.45) is 0 Å². The molecule has 3 aromatic carbocycles. The van der Waals surface area contributed by atoms with E-state index >= 15 is 0 Å². The number of allylic oxidation sites excluding steroid dienone is 1. The largest absolute Gasteiger partial charge is 0.496 e. The first-order valence-electron chi connectivity index (χ1n) is 10.2. The van der Waals surface area contributed by atoms with Gasteiger partial charge in [0.15, 0.2) is 5.76 Å². The zero-order valence-electron chi connectivity index (χ0n) is 18.0. The Bertz CT molecular complexity index is 1520. The molecule has 0 radical (unpaired) electrons. The van der Waals surface area contributed by atoms with Crippen LogP contribution in [0.4, 0.5) is 0 Å². The maximum absolute atomic E-state index is 13.0. The van der Waals surface area contributed by atoms with Gasteiger partial charge in [-0.25, -0.2) is 4.79 Å². The maximum Gasteiger partial charge on any atom is 0.379 e. The molecule has 0 unspecified atom stereocenters. The predicted molar refractivity (Wildman–Crippen MR) is 131 cm³/mol. The summed E-state index contributed by atoms with van der Waals surface area (Å²) in [6, 6.07) is 15.2. The second-order valence-corrected chi connectivity index (χ2v) is 8.97. The molecule has 1 aliphatic heterocycles. The smallest absolute Gasteiger partial charge is 0.379 e. The van der Waals surface area contributed by atoms with Crippen LogP contribution in [0, 0.1) is 6.92 Å². The molecule has 6 nitrogen and oxygen atoms in total. The van der Waals surface area contributed by atoms with Gasteiger partial charge in [-0.15, -0.1) is 0 Å². The van der Waals surface area contributed by atoms with Gasteiger partial charge < -0.3 is 18.6 Å². The highest BCUT2D eigenvalue weighted by molar-refractivity contribution is 9.10. The van der Waals surface area contributed by atoms with Crippen molar-refractivity contribution in [3.63, 3.8) is 0 Å². The standard InChI is InChI=1S/C26H16BrClO6/c1-13-7-18(32-26(30)23-11-15-9-17(28)4-6-20(15)33-23)12-21-24(13)25(29)22(34-21)10-14-8-16(27)3-5-19(14)31-2/h3-12H,1-2H3/b22-10-. The summed E-state index contributed by atoms with van der Waals surface area (Å²) < 4.78 is 23.1. The molecule has 1 aliphatic rings. The van der Waals surface area contributed by atoms with E-state index in [1.807, 2.05) is 12.1 Å². The van der Waals surface area contributed by atoms with Gasteiger partial charge in [0.25, 0.3) is 0 Å². The van der Waals surface area contributed by atoms with E-state index in [-0.39, 0.29) is 23.1 Å². The van der Waals surface area contributed by atoms with Crippen LogP contribution in [-0.4, -0.2) is 18.9 Å². The molecular weight excluding hydrogens is 524 g/mol. The number of esters is 1. The fourth-order valence-electron chi connectivity index (χ4n) is 3.77. The van der Waals surface area contributed by atoms with Gasteiger partial charge in [0.05, 0.1) is 12.7 Å². The molecule has 0 fully saturated rings. The summed E-state index contributed by atoms with van der Waals surface area (Å²) in [5.41, 5.74) is 2.24. The molecule has 4 aromatic rings.